The second kappa shape index (κ2) is 6.66. The van der Waals surface area contributed by atoms with Crippen molar-refractivity contribution in [2.45, 2.75) is 46.5 Å². The van der Waals surface area contributed by atoms with Gasteiger partial charge in [0.15, 0.2) is 0 Å². The summed E-state index contributed by atoms with van der Waals surface area (Å²) in [6.45, 7) is 7.02. The molecular formula is C10H22O. The Balaban J connectivity index is 3.21. The maximum absolute atomic E-state index is 8.89. The lowest BCUT2D eigenvalue weighted by atomic mass is 9.97. The summed E-state index contributed by atoms with van der Waals surface area (Å²) in [5.74, 6) is 1.36. The molecule has 0 rings (SSSR count). The molecule has 0 bridgehead atoms. The summed E-state index contributed by atoms with van der Waals surface area (Å²) in [7, 11) is 0. The molecule has 1 N–H and O–H groups in total. The van der Waals surface area contributed by atoms with Crippen molar-refractivity contribution in [1.29, 1.82) is 0 Å². The lowest BCUT2D eigenvalue weighted by molar-refractivity contribution is 0.210. The molecule has 0 saturated carbocycles. The Morgan fingerprint density at radius 2 is 1.82 bits per heavy atom. The number of hydrogen-bond donors (Lipinski definition) is 1. The molecule has 0 unspecified atom stereocenters. The lowest BCUT2D eigenvalue weighted by Gasteiger charge is -2.11. The molecule has 0 spiro atoms. The van der Waals surface area contributed by atoms with Crippen molar-refractivity contribution in [3.05, 3.63) is 0 Å². The summed E-state index contributed by atoms with van der Waals surface area (Å²) in [6, 6.07) is 0. The topological polar surface area (TPSA) is 20.2 Å². The number of rotatable bonds is 6. The van der Waals surface area contributed by atoms with Gasteiger partial charge < -0.3 is 5.11 Å². The van der Waals surface area contributed by atoms with Crippen LogP contribution >= 0.6 is 0 Å². The Hall–Kier alpha value is -0.0400. The summed E-state index contributed by atoms with van der Waals surface area (Å²) < 4.78 is 0. The molecule has 0 radical (unpaired) electrons. The normalized spacial score (nSPS) is 13.9. The predicted molar refractivity (Wildman–Crippen MR) is 49.6 cm³/mol. The molecule has 0 aromatic heterocycles. The van der Waals surface area contributed by atoms with E-state index >= 15 is 0 Å². The molecule has 0 saturated heterocycles. The lowest BCUT2D eigenvalue weighted by Crippen LogP contribution is -2.04. The molecule has 0 heterocycles. The van der Waals surface area contributed by atoms with Crippen LogP contribution in [0.3, 0.4) is 0 Å². The molecular weight excluding hydrogens is 136 g/mol. The number of aliphatic hydroxyl groups is 1. The highest BCUT2D eigenvalue weighted by Gasteiger charge is 2.04. The third-order valence-corrected chi connectivity index (χ3v) is 2.23. The highest BCUT2D eigenvalue weighted by molar-refractivity contribution is 4.56. The van der Waals surface area contributed by atoms with Gasteiger partial charge in [-0.1, -0.05) is 40.0 Å². The zero-order chi connectivity index (χ0) is 8.69. The minimum absolute atomic E-state index is 0.370. The smallest absolute Gasteiger partial charge is 0.0459 e. The van der Waals surface area contributed by atoms with Gasteiger partial charge in [-0.2, -0.15) is 0 Å². The fraction of sp³-hybridized carbons (Fsp3) is 1.00. The molecule has 0 amide bonds. The van der Waals surface area contributed by atoms with E-state index in [-0.39, 0.29) is 0 Å². The molecule has 0 aromatic rings. The monoisotopic (exact) mass is 158 g/mol. The summed E-state index contributed by atoms with van der Waals surface area (Å²) >= 11 is 0. The summed E-state index contributed by atoms with van der Waals surface area (Å²) in [5.41, 5.74) is 0. The zero-order valence-electron chi connectivity index (χ0n) is 8.14. The van der Waals surface area contributed by atoms with Gasteiger partial charge in [0.25, 0.3) is 0 Å². The van der Waals surface area contributed by atoms with Gasteiger partial charge in [0.1, 0.15) is 0 Å². The fourth-order valence-corrected chi connectivity index (χ4v) is 1.24. The highest BCUT2D eigenvalue weighted by Crippen LogP contribution is 2.14. The molecule has 0 aromatic carbocycles. The van der Waals surface area contributed by atoms with Gasteiger partial charge >= 0.3 is 0 Å². The molecule has 0 aliphatic heterocycles. The van der Waals surface area contributed by atoms with Gasteiger partial charge in [-0.15, -0.1) is 0 Å². The van der Waals surface area contributed by atoms with Gasteiger partial charge in [-0.3, -0.25) is 0 Å². The predicted octanol–water partition coefficient (Wildman–Crippen LogP) is 2.83. The Morgan fingerprint density at radius 3 is 2.18 bits per heavy atom. The van der Waals surface area contributed by atoms with E-state index in [0.29, 0.717) is 12.5 Å². The van der Waals surface area contributed by atoms with E-state index in [9.17, 15) is 0 Å². The third kappa shape index (κ3) is 6.36. The first-order chi connectivity index (χ1) is 5.20. The van der Waals surface area contributed by atoms with Crippen molar-refractivity contribution >= 4 is 0 Å². The van der Waals surface area contributed by atoms with Crippen molar-refractivity contribution in [2.24, 2.45) is 11.8 Å². The van der Waals surface area contributed by atoms with Crippen molar-refractivity contribution in [3.63, 3.8) is 0 Å². The molecule has 0 aliphatic carbocycles. The number of hydrogen-bond acceptors (Lipinski definition) is 1. The molecule has 1 nitrogen and oxygen atoms in total. The molecule has 0 fully saturated rings. The van der Waals surface area contributed by atoms with Crippen LogP contribution in [0.1, 0.15) is 46.5 Å². The van der Waals surface area contributed by atoms with E-state index in [0.717, 1.165) is 12.3 Å². The number of aliphatic hydroxyl groups excluding tert-OH is 1. The standard InChI is InChI=1S/C10H22O/c1-4-10(8-11)7-5-6-9(2)3/h9-11H,4-8H2,1-3H3/t10-/m0/s1. The first kappa shape index (κ1) is 11.0. The van der Waals surface area contributed by atoms with Crippen molar-refractivity contribution in [1.82, 2.24) is 0 Å². The largest absolute Gasteiger partial charge is 0.396 e. The van der Waals surface area contributed by atoms with Crippen LogP contribution in [0.25, 0.3) is 0 Å². The van der Waals surface area contributed by atoms with E-state index in [1.807, 2.05) is 0 Å². The van der Waals surface area contributed by atoms with Crippen LogP contribution in [0.4, 0.5) is 0 Å². The van der Waals surface area contributed by atoms with E-state index < -0.39 is 0 Å². The Morgan fingerprint density at radius 1 is 1.18 bits per heavy atom. The van der Waals surface area contributed by atoms with Crippen molar-refractivity contribution < 1.29 is 5.11 Å². The van der Waals surface area contributed by atoms with Gasteiger partial charge in [-0.05, 0) is 18.3 Å². The van der Waals surface area contributed by atoms with E-state index in [2.05, 4.69) is 20.8 Å². The third-order valence-electron chi connectivity index (χ3n) is 2.23. The average molecular weight is 158 g/mol. The zero-order valence-corrected chi connectivity index (χ0v) is 8.14. The SMILES string of the molecule is CC[C@H](CO)CCCC(C)C. The van der Waals surface area contributed by atoms with E-state index in [4.69, 9.17) is 5.11 Å². The van der Waals surface area contributed by atoms with Gasteiger partial charge in [0.05, 0.1) is 0 Å². The van der Waals surface area contributed by atoms with Crippen LogP contribution in [0.2, 0.25) is 0 Å². The maximum Gasteiger partial charge on any atom is 0.0459 e. The Kier molecular flexibility index (Phi) is 6.63. The molecule has 1 atom stereocenters. The van der Waals surface area contributed by atoms with Gasteiger partial charge in [0, 0.05) is 6.61 Å². The summed E-state index contributed by atoms with van der Waals surface area (Å²) in [5, 5.41) is 8.89. The second-order valence-electron chi connectivity index (χ2n) is 3.78. The maximum atomic E-state index is 8.89. The van der Waals surface area contributed by atoms with Crippen LogP contribution in [0.5, 0.6) is 0 Å². The van der Waals surface area contributed by atoms with Crippen molar-refractivity contribution in [3.8, 4) is 0 Å². The molecule has 0 aliphatic rings. The Labute approximate surface area is 70.8 Å². The average Bonchev–Trinajstić information content (AvgIpc) is 1.98. The quantitative estimate of drug-likeness (QED) is 0.630. The van der Waals surface area contributed by atoms with Crippen LogP contribution < -0.4 is 0 Å². The molecule has 68 valence electrons. The summed E-state index contributed by atoms with van der Waals surface area (Å²) in [4.78, 5) is 0. The first-order valence-corrected chi connectivity index (χ1v) is 4.81. The first-order valence-electron chi connectivity index (χ1n) is 4.81. The van der Waals surface area contributed by atoms with E-state index in [1.54, 1.807) is 0 Å². The second-order valence-corrected chi connectivity index (χ2v) is 3.78. The van der Waals surface area contributed by atoms with Crippen LogP contribution in [-0.2, 0) is 0 Å². The minimum atomic E-state index is 0.370. The highest BCUT2D eigenvalue weighted by atomic mass is 16.3. The fourth-order valence-electron chi connectivity index (χ4n) is 1.24. The van der Waals surface area contributed by atoms with E-state index in [1.165, 1.54) is 19.3 Å². The van der Waals surface area contributed by atoms with Crippen LogP contribution in [0.15, 0.2) is 0 Å². The molecule has 1 heteroatoms. The van der Waals surface area contributed by atoms with Crippen LogP contribution in [0, 0.1) is 11.8 Å². The summed E-state index contributed by atoms with van der Waals surface area (Å²) in [6.07, 6.45) is 4.90. The Bertz CT molecular complexity index is 74.9. The van der Waals surface area contributed by atoms with Crippen LogP contribution in [-0.4, -0.2) is 11.7 Å². The van der Waals surface area contributed by atoms with Gasteiger partial charge in [0.2, 0.25) is 0 Å². The van der Waals surface area contributed by atoms with Crippen molar-refractivity contribution in [2.75, 3.05) is 6.61 Å². The van der Waals surface area contributed by atoms with Gasteiger partial charge in [-0.25, -0.2) is 0 Å². The minimum Gasteiger partial charge on any atom is -0.396 e. The molecule has 11 heavy (non-hydrogen) atoms.